The lowest BCUT2D eigenvalue weighted by Crippen LogP contribution is -2.21. The maximum atomic E-state index is 2.44. The van der Waals surface area contributed by atoms with Crippen LogP contribution in [0.4, 0.5) is 0 Å². The average molecular weight is 545 g/mol. The molecule has 0 nitrogen and oxygen atoms in total. The molecule has 0 amide bonds. The molecule has 0 bridgehead atoms. The summed E-state index contributed by atoms with van der Waals surface area (Å²) in [4.78, 5) is 0. The molecule has 42 heavy (non-hydrogen) atoms. The minimum Gasteiger partial charge on any atom is -0.0756 e. The second-order valence-corrected chi connectivity index (χ2v) is 12.4. The third-order valence-electron chi connectivity index (χ3n) is 8.85. The maximum absolute atomic E-state index is 2.44. The van der Waals surface area contributed by atoms with Crippen LogP contribution >= 0.6 is 0 Å². The fraction of sp³-hybridized carbons (Fsp3) is 0.190. The topological polar surface area (TPSA) is 0 Å². The summed E-state index contributed by atoms with van der Waals surface area (Å²) < 4.78 is 0. The van der Waals surface area contributed by atoms with Crippen LogP contribution < -0.4 is 0 Å². The second kappa shape index (κ2) is 11.5. The third kappa shape index (κ3) is 5.68. The van der Waals surface area contributed by atoms with Crippen molar-refractivity contribution in [1.29, 1.82) is 0 Å². The van der Waals surface area contributed by atoms with Gasteiger partial charge in [0.25, 0.3) is 0 Å². The van der Waals surface area contributed by atoms with E-state index in [-0.39, 0.29) is 5.41 Å². The number of hydrogen-bond acceptors (Lipinski definition) is 0. The zero-order valence-electron chi connectivity index (χ0n) is 25.5. The van der Waals surface area contributed by atoms with Gasteiger partial charge in [0.2, 0.25) is 0 Å². The normalized spacial score (nSPS) is 15.8. The summed E-state index contributed by atoms with van der Waals surface area (Å²) in [7, 11) is 0. The van der Waals surface area contributed by atoms with Crippen molar-refractivity contribution in [2.75, 3.05) is 0 Å². The molecule has 208 valence electrons. The lowest BCUT2D eigenvalue weighted by atomic mass is 9.70. The Morgan fingerprint density at radius 1 is 0.548 bits per heavy atom. The molecule has 0 saturated carbocycles. The van der Waals surface area contributed by atoms with Crippen molar-refractivity contribution in [3.8, 4) is 33.4 Å². The number of hydrogen-bond donors (Lipinski definition) is 0. The van der Waals surface area contributed by atoms with Gasteiger partial charge in [-0.3, -0.25) is 0 Å². The number of benzene rings is 5. The minimum absolute atomic E-state index is 0.0455. The number of rotatable bonds is 6. The molecular weight excluding hydrogens is 504 g/mol. The van der Waals surface area contributed by atoms with E-state index in [1.165, 1.54) is 66.8 Å². The first-order valence-corrected chi connectivity index (χ1v) is 15.2. The highest BCUT2D eigenvalue weighted by atomic mass is 14.3. The number of allylic oxidation sites excluding steroid dienone is 4. The number of aryl methyl sites for hydroxylation is 3. The van der Waals surface area contributed by atoms with Crippen LogP contribution in [0.5, 0.6) is 0 Å². The molecule has 0 heterocycles. The molecule has 0 heteroatoms. The molecule has 0 aliphatic heterocycles. The molecule has 0 fully saturated rings. The van der Waals surface area contributed by atoms with Crippen LogP contribution in [0, 0.1) is 19.3 Å². The predicted octanol–water partition coefficient (Wildman–Crippen LogP) is 11.6. The Morgan fingerprint density at radius 2 is 1.02 bits per heavy atom. The Balaban J connectivity index is 1.19. The lowest BCUT2D eigenvalue weighted by Gasteiger charge is -2.34. The highest BCUT2D eigenvalue weighted by Crippen LogP contribution is 2.44. The van der Waals surface area contributed by atoms with E-state index in [2.05, 4.69) is 168 Å². The summed E-state index contributed by atoms with van der Waals surface area (Å²) in [5, 5.41) is 0. The van der Waals surface area contributed by atoms with Crippen molar-refractivity contribution in [3.05, 3.63) is 161 Å². The maximum Gasteiger partial charge on any atom is 0.0107 e. The Bertz CT molecular complexity index is 1740. The van der Waals surface area contributed by atoms with E-state index in [1.54, 1.807) is 0 Å². The standard InChI is InChI=1S/C42H40/c1-6-31-27-38(23-25-40(31)36-11-7-29(2)8-12-36)34-19-15-32(16-20-34)33-17-21-35(22-18-33)39-24-26-41(42(4,5)28-39)37-13-9-30(3)10-14-37/h7-28,41H,6H2,1-5H3. The Hall–Kier alpha value is -4.42. The molecule has 0 aromatic heterocycles. The summed E-state index contributed by atoms with van der Waals surface area (Å²) in [5.41, 5.74) is 15.6. The molecular formula is C42H40. The van der Waals surface area contributed by atoms with Gasteiger partial charge < -0.3 is 0 Å². The van der Waals surface area contributed by atoms with E-state index in [9.17, 15) is 0 Å². The first-order chi connectivity index (χ1) is 20.3. The molecule has 0 spiro atoms. The van der Waals surface area contributed by atoms with E-state index in [0.717, 1.165) is 6.42 Å². The van der Waals surface area contributed by atoms with Crippen molar-refractivity contribution in [1.82, 2.24) is 0 Å². The zero-order valence-corrected chi connectivity index (χ0v) is 25.5. The van der Waals surface area contributed by atoms with Gasteiger partial charge in [-0.25, -0.2) is 0 Å². The van der Waals surface area contributed by atoms with Crippen LogP contribution in [0.25, 0.3) is 39.0 Å². The molecule has 1 atom stereocenters. The molecule has 6 rings (SSSR count). The summed E-state index contributed by atoms with van der Waals surface area (Å²) in [5.74, 6) is 0.381. The van der Waals surface area contributed by atoms with Gasteiger partial charge in [-0.1, -0.05) is 165 Å². The van der Waals surface area contributed by atoms with Crippen LogP contribution in [0.2, 0.25) is 0 Å². The fourth-order valence-electron chi connectivity index (χ4n) is 6.27. The fourth-order valence-corrected chi connectivity index (χ4v) is 6.27. The van der Waals surface area contributed by atoms with E-state index >= 15 is 0 Å². The molecule has 1 aliphatic carbocycles. The summed E-state index contributed by atoms with van der Waals surface area (Å²) in [6.07, 6.45) is 8.13. The van der Waals surface area contributed by atoms with E-state index in [0.29, 0.717) is 5.92 Å². The third-order valence-corrected chi connectivity index (χ3v) is 8.85. The van der Waals surface area contributed by atoms with Crippen molar-refractivity contribution in [2.24, 2.45) is 5.41 Å². The average Bonchev–Trinajstić information content (AvgIpc) is 3.01. The van der Waals surface area contributed by atoms with Gasteiger partial charge in [-0.15, -0.1) is 0 Å². The van der Waals surface area contributed by atoms with Crippen molar-refractivity contribution in [2.45, 2.75) is 47.0 Å². The van der Waals surface area contributed by atoms with Gasteiger partial charge >= 0.3 is 0 Å². The molecule has 0 radical (unpaired) electrons. The van der Waals surface area contributed by atoms with Crippen molar-refractivity contribution < 1.29 is 0 Å². The first kappa shape index (κ1) is 27.7. The van der Waals surface area contributed by atoms with Crippen molar-refractivity contribution in [3.63, 3.8) is 0 Å². The van der Waals surface area contributed by atoms with Gasteiger partial charge in [0.1, 0.15) is 0 Å². The van der Waals surface area contributed by atoms with Crippen LogP contribution in [0.1, 0.15) is 54.5 Å². The second-order valence-electron chi connectivity index (χ2n) is 12.4. The Kier molecular flexibility index (Phi) is 7.56. The predicted molar refractivity (Wildman–Crippen MR) is 182 cm³/mol. The van der Waals surface area contributed by atoms with Gasteiger partial charge in [0.05, 0.1) is 0 Å². The van der Waals surface area contributed by atoms with Crippen LogP contribution in [-0.4, -0.2) is 0 Å². The quantitative estimate of drug-likeness (QED) is 0.199. The highest BCUT2D eigenvalue weighted by Gasteiger charge is 2.30. The van der Waals surface area contributed by atoms with E-state index in [4.69, 9.17) is 0 Å². The minimum atomic E-state index is 0.0455. The first-order valence-electron chi connectivity index (χ1n) is 15.2. The van der Waals surface area contributed by atoms with E-state index < -0.39 is 0 Å². The Labute approximate surface area is 252 Å². The monoisotopic (exact) mass is 544 g/mol. The summed E-state index contributed by atoms with van der Waals surface area (Å²) in [6, 6.07) is 42.8. The molecule has 1 unspecified atom stereocenters. The molecule has 0 saturated heterocycles. The molecule has 1 aliphatic rings. The van der Waals surface area contributed by atoms with Crippen LogP contribution in [0.15, 0.2) is 133 Å². The Morgan fingerprint density at radius 3 is 1.57 bits per heavy atom. The highest BCUT2D eigenvalue weighted by molar-refractivity contribution is 5.79. The molecule has 5 aromatic rings. The summed E-state index contributed by atoms with van der Waals surface area (Å²) >= 11 is 0. The van der Waals surface area contributed by atoms with Gasteiger partial charge in [0.15, 0.2) is 0 Å². The van der Waals surface area contributed by atoms with Gasteiger partial charge in [-0.2, -0.15) is 0 Å². The van der Waals surface area contributed by atoms with Gasteiger partial charge in [0, 0.05) is 5.92 Å². The molecule has 0 N–H and O–H groups in total. The smallest absolute Gasteiger partial charge is 0.0107 e. The lowest BCUT2D eigenvalue weighted by molar-refractivity contribution is 0.424. The summed E-state index contributed by atoms with van der Waals surface area (Å²) in [6.45, 7) is 11.2. The van der Waals surface area contributed by atoms with E-state index in [1.807, 2.05) is 0 Å². The van der Waals surface area contributed by atoms with Crippen LogP contribution in [-0.2, 0) is 6.42 Å². The largest absolute Gasteiger partial charge is 0.0756 e. The molecule has 5 aromatic carbocycles. The van der Waals surface area contributed by atoms with Crippen LogP contribution in [0.3, 0.4) is 0 Å². The van der Waals surface area contributed by atoms with Gasteiger partial charge in [-0.05, 0) is 81.3 Å². The SMILES string of the molecule is CCc1cc(-c2ccc(-c3ccc(C4=CC(C)(C)C(c5ccc(C)cc5)C=C4)cc3)cc2)ccc1-c1ccc(C)cc1. The van der Waals surface area contributed by atoms with Crippen molar-refractivity contribution >= 4 is 5.57 Å². The zero-order chi connectivity index (χ0) is 29.3.